The molecule has 0 radical (unpaired) electrons. The highest BCUT2D eigenvalue weighted by atomic mass is 19.1. The Labute approximate surface area is 207 Å². The molecular formula is C25H28F2N6O3. The van der Waals surface area contributed by atoms with Gasteiger partial charge in [0.15, 0.2) is 11.5 Å². The molecule has 190 valence electrons. The van der Waals surface area contributed by atoms with Crippen molar-refractivity contribution in [3.63, 3.8) is 0 Å². The van der Waals surface area contributed by atoms with Crippen LogP contribution in [0.4, 0.5) is 25.2 Å². The van der Waals surface area contributed by atoms with Gasteiger partial charge in [-0.3, -0.25) is 10.1 Å². The number of nitrogens with zero attached hydrogens (tertiary/aromatic N) is 5. The van der Waals surface area contributed by atoms with Crippen molar-refractivity contribution in [1.82, 2.24) is 19.5 Å². The van der Waals surface area contributed by atoms with E-state index in [1.54, 1.807) is 24.0 Å². The van der Waals surface area contributed by atoms with Crippen LogP contribution >= 0.6 is 0 Å². The van der Waals surface area contributed by atoms with E-state index in [0.29, 0.717) is 68.3 Å². The molecule has 0 unspecified atom stereocenters. The smallest absolute Gasteiger partial charge is 0.323 e. The lowest BCUT2D eigenvalue weighted by molar-refractivity contribution is -0.149. The van der Waals surface area contributed by atoms with Crippen molar-refractivity contribution in [3.8, 4) is 0 Å². The second kappa shape index (κ2) is 10.1. The van der Waals surface area contributed by atoms with Crippen molar-refractivity contribution in [2.24, 2.45) is 5.92 Å². The molecule has 1 aromatic carbocycles. The molecule has 5 rings (SSSR count). The minimum absolute atomic E-state index is 0.189. The quantitative estimate of drug-likeness (QED) is 0.532. The van der Waals surface area contributed by atoms with E-state index in [2.05, 4.69) is 15.4 Å². The van der Waals surface area contributed by atoms with Crippen LogP contribution < -0.4 is 10.2 Å². The van der Waals surface area contributed by atoms with Gasteiger partial charge in [-0.25, -0.2) is 18.6 Å². The van der Waals surface area contributed by atoms with E-state index in [0.717, 1.165) is 18.6 Å². The fraction of sp³-hybridized carbons (Fsp3) is 0.440. The molecule has 2 fully saturated rings. The molecule has 1 atom stereocenters. The average Bonchev–Trinajstić information content (AvgIpc) is 3.53. The van der Waals surface area contributed by atoms with Crippen molar-refractivity contribution >= 4 is 29.3 Å². The number of urea groups is 1. The predicted molar refractivity (Wildman–Crippen MR) is 129 cm³/mol. The highest BCUT2D eigenvalue weighted by molar-refractivity contribution is 5.89. The molecule has 0 aliphatic carbocycles. The zero-order valence-corrected chi connectivity index (χ0v) is 20.0. The maximum Gasteiger partial charge on any atom is 0.323 e. The van der Waals surface area contributed by atoms with E-state index in [-0.39, 0.29) is 24.0 Å². The number of benzene rings is 1. The third-order valence-electron chi connectivity index (χ3n) is 6.85. The monoisotopic (exact) mass is 498 g/mol. The summed E-state index contributed by atoms with van der Waals surface area (Å²) >= 11 is 0. The SMILES string of the molecule is CCOC(=O)C1CCN(C(=O)Nc2cnc3ccc(N4CCC[C@@H]4c4cc(F)ccc4F)nn23)CC1. The topological polar surface area (TPSA) is 92.1 Å². The normalized spacial score (nSPS) is 18.6. The highest BCUT2D eigenvalue weighted by Gasteiger charge is 2.31. The summed E-state index contributed by atoms with van der Waals surface area (Å²) in [6.45, 7) is 3.65. The average molecular weight is 499 g/mol. The van der Waals surface area contributed by atoms with Crippen LogP contribution in [0.3, 0.4) is 0 Å². The van der Waals surface area contributed by atoms with E-state index in [1.165, 1.54) is 16.8 Å². The number of amides is 2. The number of esters is 1. The van der Waals surface area contributed by atoms with Crippen molar-refractivity contribution in [2.45, 2.75) is 38.6 Å². The standard InChI is InChI=1S/C25H28F2N6O3/c1-2-36-24(34)16-9-12-31(13-10-16)25(35)29-23-15-28-21-7-8-22(30-33(21)23)32-11-3-4-20(32)18-14-17(26)5-6-19(18)27/h5-8,14-16,20H,2-4,9-13H2,1H3,(H,29,35)/t20-/m1/s1. The maximum absolute atomic E-state index is 14.5. The Bertz CT molecular complexity index is 1270. The lowest BCUT2D eigenvalue weighted by Gasteiger charge is -2.30. The number of anilines is 2. The van der Waals surface area contributed by atoms with E-state index in [1.807, 2.05) is 4.90 Å². The number of halogens is 2. The third kappa shape index (κ3) is 4.69. The number of carbonyl (C=O) groups is 2. The number of piperidine rings is 1. The molecule has 3 aromatic rings. The number of hydrogen-bond acceptors (Lipinski definition) is 6. The summed E-state index contributed by atoms with van der Waals surface area (Å²) in [5.74, 6) is -0.349. The summed E-state index contributed by atoms with van der Waals surface area (Å²) in [6, 6.07) is 6.44. The number of ether oxygens (including phenoxy) is 1. The first kappa shape index (κ1) is 24.0. The van der Waals surface area contributed by atoms with Gasteiger partial charge in [-0.2, -0.15) is 4.52 Å². The van der Waals surface area contributed by atoms with Gasteiger partial charge in [-0.1, -0.05) is 0 Å². The summed E-state index contributed by atoms with van der Waals surface area (Å²) in [4.78, 5) is 32.8. The summed E-state index contributed by atoms with van der Waals surface area (Å²) in [7, 11) is 0. The molecule has 2 aliphatic heterocycles. The Hall–Kier alpha value is -3.76. The minimum Gasteiger partial charge on any atom is -0.466 e. The maximum atomic E-state index is 14.5. The third-order valence-corrected chi connectivity index (χ3v) is 6.85. The highest BCUT2D eigenvalue weighted by Crippen LogP contribution is 2.36. The number of likely N-dealkylation sites (tertiary alicyclic amines) is 1. The predicted octanol–water partition coefficient (Wildman–Crippen LogP) is 4.16. The molecule has 2 aliphatic rings. The van der Waals surface area contributed by atoms with Crippen molar-refractivity contribution < 1.29 is 23.1 Å². The van der Waals surface area contributed by atoms with Gasteiger partial charge < -0.3 is 14.5 Å². The molecule has 2 saturated heterocycles. The lowest BCUT2D eigenvalue weighted by Crippen LogP contribution is -2.43. The fourth-order valence-electron chi connectivity index (χ4n) is 5.00. The number of hydrogen-bond donors (Lipinski definition) is 1. The second-order valence-electron chi connectivity index (χ2n) is 9.07. The van der Waals surface area contributed by atoms with Crippen molar-refractivity contribution in [1.29, 1.82) is 0 Å². The first-order valence-corrected chi connectivity index (χ1v) is 12.2. The van der Waals surface area contributed by atoms with Gasteiger partial charge in [-0.05, 0) is 62.9 Å². The van der Waals surface area contributed by atoms with Crippen LogP contribution in [0.5, 0.6) is 0 Å². The number of rotatable bonds is 5. The van der Waals surface area contributed by atoms with E-state index in [4.69, 9.17) is 4.74 Å². The Kier molecular flexibility index (Phi) is 6.71. The molecule has 9 nitrogen and oxygen atoms in total. The Morgan fingerprint density at radius 1 is 1.11 bits per heavy atom. The number of fused-ring (bicyclic) bond motifs is 1. The molecule has 0 saturated carbocycles. The molecule has 4 heterocycles. The fourth-order valence-corrected chi connectivity index (χ4v) is 5.00. The van der Waals surface area contributed by atoms with Crippen LogP contribution in [0.15, 0.2) is 36.5 Å². The van der Waals surface area contributed by atoms with Crippen molar-refractivity contribution in [3.05, 3.63) is 53.7 Å². The minimum atomic E-state index is -0.479. The van der Waals surface area contributed by atoms with E-state index >= 15 is 0 Å². The van der Waals surface area contributed by atoms with E-state index < -0.39 is 11.6 Å². The number of carbonyl (C=O) groups excluding carboxylic acids is 2. The Morgan fingerprint density at radius 3 is 2.69 bits per heavy atom. The van der Waals surface area contributed by atoms with Crippen molar-refractivity contribution in [2.75, 3.05) is 36.5 Å². The van der Waals surface area contributed by atoms with Gasteiger partial charge in [0.05, 0.1) is 24.8 Å². The number of imidazole rings is 1. The van der Waals surface area contributed by atoms with Crippen LogP contribution in [-0.2, 0) is 9.53 Å². The largest absolute Gasteiger partial charge is 0.466 e. The molecular weight excluding hydrogens is 470 g/mol. The van der Waals surface area contributed by atoms with Crippen LogP contribution in [0.25, 0.3) is 5.65 Å². The van der Waals surface area contributed by atoms with Gasteiger partial charge in [0, 0.05) is 25.2 Å². The van der Waals surface area contributed by atoms with Gasteiger partial charge in [0.2, 0.25) is 0 Å². The summed E-state index contributed by atoms with van der Waals surface area (Å²) in [5, 5.41) is 7.53. The van der Waals surface area contributed by atoms with Crippen LogP contribution in [0.2, 0.25) is 0 Å². The molecule has 2 aromatic heterocycles. The number of aromatic nitrogens is 3. The molecule has 2 amide bonds. The molecule has 11 heteroatoms. The molecule has 0 spiro atoms. The molecule has 0 bridgehead atoms. The van der Waals surface area contributed by atoms with Gasteiger partial charge in [0.1, 0.15) is 17.5 Å². The van der Waals surface area contributed by atoms with Gasteiger partial charge in [-0.15, -0.1) is 5.10 Å². The van der Waals surface area contributed by atoms with Crippen LogP contribution in [-0.4, -0.2) is 57.7 Å². The summed E-state index contributed by atoms with van der Waals surface area (Å²) in [5.41, 5.74) is 0.850. The first-order valence-electron chi connectivity index (χ1n) is 12.2. The Balaban J connectivity index is 1.32. The Morgan fingerprint density at radius 2 is 1.92 bits per heavy atom. The second-order valence-corrected chi connectivity index (χ2v) is 9.07. The zero-order chi connectivity index (χ0) is 25.2. The van der Waals surface area contributed by atoms with Crippen LogP contribution in [0.1, 0.15) is 44.2 Å². The lowest BCUT2D eigenvalue weighted by atomic mass is 9.97. The van der Waals surface area contributed by atoms with Gasteiger partial charge in [0.25, 0.3) is 0 Å². The zero-order valence-electron chi connectivity index (χ0n) is 20.0. The van der Waals surface area contributed by atoms with E-state index in [9.17, 15) is 18.4 Å². The van der Waals surface area contributed by atoms with Gasteiger partial charge >= 0.3 is 12.0 Å². The number of nitrogens with one attached hydrogen (secondary N) is 1. The molecule has 36 heavy (non-hydrogen) atoms. The first-order chi connectivity index (χ1) is 17.4. The summed E-state index contributed by atoms with van der Waals surface area (Å²) < 4.78 is 35.0. The van der Waals surface area contributed by atoms with Crippen LogP contribution in [0, 0.1) is 17.6 Å². The molecule has 1 N–H and O–H groups in total. The summed E-state index contributed by atoms with van der Waals surface area (Å²) in [6.07, 6.45) is 4.12.